The van der Waals surface area contributed by atoms with E-state index < -0.39 is 0 Å². The maximum Gasteiger partial charge on any atom is 0.0234 e. The maximum absolute atomic E-state index is 3.65. The van der Waals surface area contributed by atoms with Crippen LogP contribution in [0.1, 0.15) is 31.4 Å². The van der Waals surface area contributed by atoms with Crippen molar-refractivity contribution >= 4 is 0 Å². The molecule has 0 aliphatic carbocycles. The molecular formula is C16H26N2. The molecule has 2 unspecified atom stereocenters. The molecule has 1 aliphatic heterocycles. The van der Waals surface area contributed by atoms with Crippen LogP contribution in [0.4, 0.5) is 0 Å². The second-order valence-corrected chi connectivity index (χ2v) is 5.67. The lowest BCUT2D eigenvalue weighted by atomic mass is 9.97. The van der Waals surface area contributed by atoms with Crippen molar-refractivity contribution in [2.75, 3.05) is 19.6 Å². The zero-order valence-electron chi connectivity index (χ0n) is 11.9. The van der Waals surface area contributed by atoms with Crippen LogP contribution in [-0.2, 0) is 6.54 Å². The minimum Gasteiger partial charge on any atom is -0.311 e. The van der Waals surface area contributed by atoms with Crippen molar-refractivity contribution in [3.63, 3.8) is 0 Å². The summed E-state index contributed by atoms with van der Waals surface area (Å²) in [4.78, 5) is 2.58. The SMILES string of the molecule is CCC(C)C1CN(Cc2ccc(C)cc2)CCN1. The van der Waals surface area contributed by atoms with Crippen LogP contribution in [0.5, 0.6) is 0 Å². The summed E-state index contributed by atoms with van der Waals surface area (Å²) >= 11 is 0. The average molecular weight is 246 g/mol. The van der Waals surface area contributed by atoms with Crippen LogP contribution >= 0.6 is 0 Å². The third kappa shape index (κ3) is 3.56. The Kier molecular flexibility index (Phi) is 4.79. The van der Waals surface area contributed by atoms with Gasteiger partial charge in [-0.15, -0.1) is 0 Å². The molecule has 2 heteroatoms. The molecule has 100 valence electrons. The number of nitrogens with one attached hydrogen (secondary N) is 1. The van der Waals surface area contributed by atoms with Gasteiger partial charge in [0.15, 0.2) is 0 Å². The number of piperazine rings is 1. The van der Waals surface area contributed by atoms with E-state index in [4.69, 9.17) is 0 Å². The van der Waals surface area contributed by atoms with Crippen LogP contribution in [0.15, 0.2) is 24.3 Å². The summed E-state index contributed by atoms with van der Waals surface area (Å²) in [6.07, 6.45) is 1.26. The first-order valence-electron chi connectivity index (χ1n) is 7.20. The predicted molar refractivity (Wildman–Crippen MR) is 77.7 cm³/mol. The second kappa shape index (κ2) is 6.35. The highest BCUT2D eigenvalue weighted by atomic mass is 15.2. The van der Waals surface area contributed by atoms with E-state index >= 15 is 0 Å². The van der Waals surface area contributed by atoms with E-state index in [1.807, 2.05) is 0 Å². The predicted octanol–water partition coefficient (Wildman–Crippen LogP) is 2.81. The lowest BCUT2D eigenvalue weighted by Gasteiger charge is -2.36. The van der Waals surface area contributed by atoms with Crippen molar-refractivity contribution in [2.24, 2.45) is 5.92 Å². The van der Waals surface area contributed by atoms with Crippen molar-refractivity contribution < 1.29 is 0 Å². The molecule has 1 aromatic rings. The van der Waals surface area contributed by atoms with Crippen molar-refractivity contribution in [1.29, 1.82) is 0 Å². The largest absolute Gasteiger partial charge is 0.311 e. The molecule has 18 heavy (non-hydrogen) atoms. The quantitative estimate of drug-likeness (QED) is 0.879. The second-order valence-electron chi connectivity index (χ2n) is 5.67. The van der Waals surface area contributed by atoms with Gasteiger partial charge in [-0.05, 0) is 18.4 Å². The van der Waals surface area contributed by atoms with E-state index in [-0.39, 0.29) is 0 Å². The number of hydrogen-bond acceptors (Lipinski definition) is 2. The van der Waals surface area contributed by atoms with Crippen molar-refractivity contribution in [3.05, 3.63) is 35.4 Å². The van der Waals surface area contributed by atoms with Gasteiger partial charge in [0.1, 0.15) is 0 Å². The van der Waals surface area contributed by atoms with E-state index in [2.05, 4.69) is 55.3 Å². The summed E-state index contributed by atoms with van der Waals surface area (Å²) < 4.78 is 0. The van der Waals surface area contributed by atoms with E-state index in [0.29, 0.717) is 6.04 Å². The Morgan fingerprint density at radius 2 is 2.06 bits per heavy atom. The Bertz CT molecular complexity index is 358. The molecule has 1 aromatic carbocycles. The molecule has 1 fully saturated rings. The minimum atomic E-state index is 0.661. The minimum absolute atomic E-state index is 0.661. The molecule has 2 rings (SSSR count). The molecule has 1 N–H and O–H groups in total. The lowest BCUT2D eigenvalue weighted by Crippen LogP contribution is -2.52. The molecule has 0 spiro atoms. The van der Waals surface area contributed by atoms with E-state index in [1.54, 1.807) is 0 Å². The molecule has 1 saturated heterocycles. The summed E-state index contributed by atoms with van der Waals surface area (Å²) in [7, 11) is 0. The Hall–Kier alpha value is -0.860. The lowest BCUT2D eigenvalue weighted by molar-refractivity contribution is 0.162. The highest BCUT2D eigenvalue weighted by Gasteiger charge is 2.22. The van der Waals surface area contributed by atoms with Gasteiger partial charge in [0.2, 0.25) is 0 Å². The molecule has 1 aliphatic rings. The fraction of sp³-hybridized carbons (Fsp3) is 0.625. The Balaban J connectivity index is 1.91. The van der Waals surface area contributed by atoms with Gasteiger partial charge in [-0.2, -0.15) is 0 Å². The fourth-order valence-corrected chi connectivity index (χ4v) is 2.60. The summed E-state index contributed by atoms with van der Waals surface area (Å²) in [6, 6.07) is 9.60. The van der Waals surface area contributed by atoms with Crippen LogP contribution in [0.2, 0.25) is 0 Å². The molecule has 2 atom stereocenters. The van der Waals surface area contributed by atoms with Crippen LogP contribution in [0.25, 0.3) is 0 Å². The van der Waals surface area contributed by atoms with Crippen LogP contribution in [-0.4, -0.2) is 30.6 Å². The zero-order chi connectivity index (χ0) is 13.0. The normalized spacial score (nSPS) is 22.9. The van der Waals surface area contributed by atoms with Gasteiger partial charge in [-0.25, -0.2) is 0 Å². The number of rotatable bonds is 4. The average Bonchev–Trinajstić information content (AvgIpc) is 2.41. The molecule has 0 radical (unpaired) electrons. The van der Waals surface area contributed by atoms with Gasteiger partial charge in [0.05, 0.1) is 0 Å². The number of nitrogens with zero attached hydrogens (tertiary/aromatic N) is 1. The Morgan fingerprint density at radius 3 is 2.72 bits per heavy atom. The third-order valence-electron chi connectivity index (χ3n) is 4.15. The highest BCUT2D eigenvalue weighted by molar-refractivity contribution is 5.21. The van der Waals surface area contributed by atoms with E-state index in [9.17, 15) is 0 Å². The van der Waals surface area contributed by atoms with E-state index in [1.165, 1.54) is 30.6 Å². The Morgan fingerprint density at radius 1 is 1.33 bits per heavy atom. The highest BCUT2D eigenvalue weighted by Crippen LogP contribution is 2.14. The van der Waals surface area contributed by atoms with Gasteiger partial charge in [-0.3, -0.25) is 4.90 Å². The summed E-state index contributed by atoms with van der Waals surface area (Å²) in [5, 5.41) is 3.65. The summed E-state index contributed by atoms with van der Waals surface area (Å²) in [5.41, 5.74) is 2.78. The van der Waals surface area contributed by atoms with Crippen molar-refractivity contribution in [1.82, 2.24) is 10.2 Å². The standard InChI is InChI=1S/C16H26N2/c1-4-14(3)16-12-18(10-9-17-16)11-15-7-5-13(2)6-8-15/h5-8,14,16-17H,4,9-12H2,1-3H3. The number of aryl methyl sites for hydroxylation is 1. The maximum atomic E-state index is 3.65. The first-order valence-corrected chi connectivity index (χ1v) is 7.20. The third-order valence-corrected chi connectivity index (χ3v) is 4.15. The smallest absolute Gasteiger partial charge is 0.0234 e. The first kappa shape index (κ1) is 13.6. The Labute approximate surface area is 111 Å². The van der Waals surface area contributed by atoms with Crippen molar-refractivity contribution in [3.8, 4) is 0 Å². The van der Waals surface area contributed by atoms with Gasteiger partial charge in [0.25, 0.3) is 0 Å². The molecule has 0 saturated carbocycles. The van der Waals surface area contributed by atoms with Gasteiger partial charge in [0, 0.05) is 32.2 Å². The molecule has 1 heterocycles. The summed E-state index contributed by atoms with van der Waals surface area (Å²) in [5.74, 6) is 0.769. The van der Waals surface area contributed by atoms with Crippen LogP contribution in [0.3, 0.4) is 0 Å². The van der Waals surface area contributed by atoms with Gasteiger partial charge in [-0.1, -0.05) is 50.1 Å². The molecule has 0 amide bonds. The number of benzene rings is 1. The van der Waals surface area contributed by atoms with E-state index in [0.717, 1.165) is 19.0 Å². The summed E-state index contributed by atoms with van der Waals surface area (Å²) in [6.45, 7) is 11.4. The van der Waals surface area contributed by atoms with Gasteiger partial charge < -0.3 is 5.32 Å². The van der Waals surface area contributed by atoms with Crippen LogP contribution < -0.4 is 5.32 Å². The van der Waals surface area contributed by atoms with Crippen molar-refractivity contribution in [2.45, 2.75) is 39.8 Å². The zero-order valence-corrected chi connectivity index (χ0v) is 11.9. The topological polar surface area (TPSA) is 15.3 Å². The molecule has 0 bridgehead atoms. The molecule has 0 aromatic heterocycles. The fourth-order valence-electron chi connectivity index (χ4n) is 2.60. The van der Waals surface area contributed by atoms with Crippen LogP contribution in [0, 0.1) is 12.8 Å². The monoisotopic (exact) mass is 246 g/mol. The first-order chi connectivity index (χ1) is 8.69. The van der Waals surface area contributed by atoms with Gasteiger partial charge >= 0.3 is 0 Å². The molecule has 2 nitrogen and oxygen atoms in total. The molecular weight excluding hydrogens is 220 g/mol. The number of hydrogen-bond donors (Lipinski definition) is 1.